The molecule has 0 bridgehead atoms. The number of rotatable bonds is 5. The van der Waals surface area contributed by atoms with Gasteiger partial charge in [-0.15, -0.1) is 0 Å². The van der Waals surface area contributed by atoms with Crippen LogP contribution in [0.2, 0.25) is 0 Å². The van der Waals surface area contributed by atoms with Crippen LogP contribution >= 0.6 is 0 Å². The molecule has 3 rings (SSSR count). The lowest BCUT2D eigenvalue weighted by Crippen LogP contribution is -2.46. The highest BCUT2D eigenvalue weighted by Crippen LogP contribution is 2.27. The molecule has 0 unspecified atom stereocenters. The van der Waals surface area contributed by atoms with Crippen LogP contribution in [-0.2, 0) is 20.7 Å². The number of para-hydroxylation sites is 1. The van der Waals surface area contributed by atoms with Gasteiger partial charge < -0.3 is 15.0 Å². The predicted molar refractivity (Wildman–Crippen MR) is 111 cm³/mol. The van der Waals surface area contributed by atoms with Crippen LogP contribution in [0, 0.1) is 6.92 Å². The first kappa shape index (κ1) is 20.6. The summed E-state index contributed by atoms with van der Waals surface area (Å²) in [5.74, 6) is -1.26. The van der Waals surface area contributed by atoms with Crippen LogP contribution in [-0.4, -0.2) is 36.5 Å². The van der Waals surface area contributed by atoms with E-state index < -0.39 is 18.1 Å². The molecule has 1 aliphatic heterocycles. The lowest BCUT2D eigenvalue weighted by Gasteiger charge is -2.31. The zero-order chi connectivity index (χ0) is 21.0. The van der Waals surface area contributed by atoms with Gasteiger partial charge in [0, 0.05) is 17.8 Å². The van der Waals surface area contributed by atoms with Gasteiger partial charge in [-0.25, -0.2) is 4.79 Å². The molecule has 0 aliphatic carbocycles. The number of amides is 2. The van der Waals surface area contributed by atoms with Crippen LogP contribution in [0.1, 0.15) is 41.8 Å². The highest BCUT2D eigenvalue weighted by Gasteiger charge is 2.29. The van der Waals surface area contributed by atoms with Crippen LogP contribution in [0.4, 0.5) is 5.69 Å². The number of nitrogens with zero attached hydrogens (tertiary/aromatic N) is 1. The summed E-state index contributed by atoms with van der Waals surface area (Å²) in [5, 5.41) is 2.62. The molecule has 6 nitrogen and oxygen atoms in total. The Morgan fingerprint density at radius 3 is 2.59 bits per heavy atom. The van der Waals surface area contributed by atoms with Crippen LogP contribution in [0.5, 0.6) is 0 Å². The van der Waals surface area contributed by atoms with Gasteiger partial charge in [0.15, 0.2) is 6.10 Å². The fraction of sp³-hybridized carbons (Fsp3) is 0.348. The maximum absolute atomic E-state index is 12.9. The van der Waals surface area contributed by atoms with E-state index in [0.717, 1.165) is 29.7 Å². The average molecular weight is 394 g/mol. The van der Waals surface area contributed by atoms with Crippen molar-refractivity contribution in [2.45, 2.75) is 45.8 Å². The number of fused-ring (bicyclic) bond motifs is 1. The van der Waals surface area contributed by atoms with Gasteiger partial charge in [-0.2, -0.15) is 0 Å². The van der Waals surface area contributed by atoms with E-state index in [4.69, 9.17) is 4.74 Å². The van der Waals surface area contributed by atoms with Gasteiger partial charge in [-0.05, 0) is 57.4 Å². The van der Waals surface area contributed by atoms with Crippen LogP contribution in [0.15, 0.2) is 48.5 Å². The summed E-state index contributed by atoms with van der Waals surface area (Å²) in [6.07, 6.45) is 0.856. The molecule has 2 amide bonds. The second-order valence-electron chi connectivity index (χ2n) is 7.37. The fourth-order valence-corrected chi connectivity index (χ4v) is 3.43. The summed E-state index contributed by atoms with van der Waals surface area (Å²) in [5.41, 5.74) is 3.41. The maximum Gasteiger partial charge on any atom is 0.329 e. The van der Waals surface area contributed by atoms with Crippen molar-refractivity contribution in [2.24, 2.45) is 0 Å². The van der Waals surface area contributed by atoms with E-state index >= 15 is 0 Å². The van der Waals surface area contributed by atoms with Gasteiger partial charge in [-0.3, -0.25) is 9.59 Å². The minimum absolute atomic E-state index is 0.261. The van der Waals surface area contributed by atoms with Crippen molar-refractivity contribution in [1.82, 2.24) is 5.32 Å². The van der Waals surface area contributed by atoms with Crippen molar-refractivity contribution in [2.75, 3.05) is 11.4 Å². The number of carbonyl (C=O) groups is 3. The largest absolute Gasteiger partial charge is 0.451 e. The molecular weight excluding hydrogens is 368 g/mol. The number of esters is 1. The van der Waals surface area contributed by atoms with Gasteiger partial charge in [0.05, 0.1) is 0 Å². The molecule has 0 fully saturated rings. The third-order valence-corrected chi connectivity index (χ3v) is 5.00. The van der Waals surface area contributed by atoms with Gasteiger partial charge in [0.1, 0.15) is 6.04 Å². The normalized spacial score (nSPS) is 15.1. The second-order valence-corrected chi connectivity index (χ2v) is 7.37. The summed E-state index contributed by atoms with van der Waals surface area (Å²) in [6.45, 7) is 5.59. The molecule has 0 saturated heterocycles. The Bertz CT molecular complexity index is 925. The van der Waals surface area contributed by atoms with Crippen molar-refractivity contribution < 1.29 is 19.1 Å². The average Bonchev–Trinajstić information content (AvgIpc) is 2.72. The number of nitrogens with one attached hydrogen (secondary N) is 1. The van der Waals surface area contributed by atoms with Crippen molar-refractivity contribution >= 4 is 23.5 Å². The van der Waals surface area contributed by atoms with E-state index in [1.54, 1.807) is 36.9 Å². The standard InChI is InChI=1S/C23H26N2O4/c1-15-8-6-10-19(14-15)21(26)24-16(2)23(28)29-17(3)22(27)25-13-7-11-18-9-4-5-12-20(18)25/h4-6,8-10,12,14,16-17H,7,11,13H2,1-3H3,(H,24,26)/t16-,17-/m1/s1. The van der Waals surface area contributed by atoms with Crippen LogP contribution < -0.4 is 10.2 Å². The van der Waals surface area contributed by atoms with E-state index in [1.807, 2.05) is 37.3 Å². The Balaban J connectivity index is 1.60. The first-order valence-corrected chi connectivity index (χ1v) is 9.84. The van der Waals surface area contributed by atoms with Crippen molar-refractivity contribution in [1.29, 1.82) is 0 Å². The SMILES string of the molecule is Cc1cccc(C(=O)N[C@H](C)C(=O)O[C@H](C)C(=O)N2CCCc3ccccc32)c1. The number of carbonyl (C=O) groups excluding carboxylic acids is 3. The Hall–Kier alpha value is -3.15. The third kappa shape index (κ3) is 4.83. The molecule has 152 valence electrons. The molecule has 2 atom stereocenters. The number of ether oxygens (including phenoxy) is 1. The lowest BCUT2D eigenvalue weighted by atomic mass is 10.0. The van der Waals surface area contributed by atoms with E-state index in [9.17, 15) is 14.4 Å². The predicted octanol–water partition coefficient (Wildman–Crippen LogP) is 3.02. The first-order chi connectivity index (χ1) is 13.9. The van der Waals surface area contributed by atoms with E-state index in [1.165, 1.54) is 0 Å². The molecule has 0 aromatic heterocycles. The highest BCUT2D eigenvalue weighted by molar-refractivity contribution is 5.99. The summed E-state index contributed by atoms with van der Waals surface area (Å²) >= 11 is 0. The fourth-order valence-electron chi connectivity index (χ4n) is 3.43. The minimum atomic E-state index is -0.938. The Kier molecular flexibility index (Phi) is 6.32. The first-order valence-electron chi connectivity index (χ1n) is 9.84. The van der Waals surface area contributed by atoms with Crippen molar-refractivity contribution in [3.8, 4) is 0 Å². The highest BCUT2D eigenvalue weighted by atomic mass is 16.5. The molecular formula is C23H26N2O4. The zero-order valence-corrected chi connectivity index (χ0v) is 17.0. The van der Waals surface area contributed by atoms with Crippen molar-refractivity contribution in [3.05, 3.63) is 65.2 Å². The number of benzene rings is 2. The number of hydrogen-bond acceptors (Lipinski definition) is 4. The lowest BCUT2D eigenvalue weighted by molar-refractivity contribution is -0.155. The van der Waals surface area contributed by atoms with Gasteiger partial charge in [0.25, 0.3) is 11.8 Å². The Morgan fingerprint density at radius 1 is 1.07 bits per heavy atom. The molecule has 29 heavy (non-hydrogen) atoms. The molecule has 0 saturated carbocycles. The summed E-state index contributed by atoms with van der Waals surface area (Å²) < 4.78 is 5.36. The smallest absolute Gasteiger partial charge is 0.329 e. The third-order valence-electron chi connectivity index (χ3n) is 5.00. The minimum Gasteiger partial charge on any atom is -0.451 e. The van der Waals surface area contributed by atoms with E-state index in [0.29, 0.717) is 12.1 Å². The molecule has 0 spiro atoms. The topological polar surface area (TPSA) is 75.7 Å². The van der Waals surface area contributed by atoms with Gasteiger partial charge >= 0.3 is 5.97 Å². The zero-order valence-electron chi connectivity index (χ0n) is 17.0. The summed E-state index contributed by atoms with van der Waals surface area (Å²) in [6, 6.07) is 14.0. The quantitative estimate of drug-likeness (QED) is 0.791. The molecule has 1 heterocycles. The maximum atomic E-state index is 12.9. The summed E-state index contributed by atoms with van der Waals surface area (Å²) in [7, 11) is 0. The number of anilines is 1. The number of aryl methyl sites for hydroxylation is 2. The van der Waals surface area contributed by atoms with E-state index in [-0.39, 0.29) is 11.8 Å². The molecule has 1 aliphatic rings. The van der Waals surface area contributed by atoms with Crippen LogP contribution in [0.3, 0.4) is 0 Å². The molecule has 2 aromatic carbocycles. The molecule has 2 aromatic rings. The second kappa shape index (κ2) is 8.90. The van der Waals surface area contributed by atoms with Gasteiger partial charge in [-0.1, -0.05) is 35.9 Å². The van der Waals surface area contributed by atoms with Crippen molar-refractivity contribution in [3.63, 3.8) is 0 Å². The van der Waals surface area contributed by atoms with Gasteiger partial charge in [0.2, 0.25) is 0 Å². The summed E-state index contributed by atoms with van der Waals surface area (Å²) in [4.78, 5) is 39.3. The van der Waals surface area contributed by atoms with Crippen LogP contribution in [0.25, 0.3) is 0 Å². The number of hydrogen-bond donors (Lipinski definition) is 1. The Morgan fingerprint density at radius 2 is 1.83 bits per heavy atom. The monoisotopic (exact) mass is 394 g/mol. The Labute approximate surface area is 170 Å². The molecule has 1 N–H and O–H groups in total. The molecule has 0 radical (unpaired) electrons. The molecule has 6 heteroatoms. The van der Waals surface area contributed by atoms with E-state index in [2.05, 4.69) is 5.32 Å².